The van der Waals surface area contributed by atoms with Gasteiger partial charge in [0.05, 0.1) is 0 Å². The summed E-state index contributed by atoms with van der Waals surface area (Å²) >= 11 is 0. The predicted molar refractivity (Wildman–Crippen MR) is 73.0 cm³/mol. The summed E-state index contributed by atoms with van der Waals surface area (Å²) < 4.78 is 0. The van der Waals surface area contributed by atoms with Crippen LogP contribution in [-0.2, 0) is 4.79 Å². The molecule has 0 aliphatic carbocycles. The molecule has 0 saturated heterocycles. The number of aromatic hydroxyl groups is 1. The van der Waals surface area contributed by atoms with E-state index in [1.807, 2.05) is 39.8 Å². The zero-order valence-electron chi connectivity index (χ0n) is 11.3. The number of carboxylic acid groups (broad SMARTS) is 1. The van der Waals surface area contributed by atoms with Crippen LogP contribution in [0.15, 0.2) is 18.2 Å². The van der Waals surface area contributed by atoms with E-state index < -0.39 is 5.97 Å². The van der Waals surface area contributed by atoms with Gasteiger partial charge in [-0.25, -0.2) is 4.79 Å². The Balaban J connectivity index is 3.33. The molecule has 0 unspecified atom stereocenters. The highest BCUT2D eigenvalue weighted by atomic mass is 16.4. The monoisotopic (exact) mass is 248 g/mol. The number of carboxylic acids is 1. The maximum absolute atomic E-state index is 10.5. The summed E-state index contributed by atoms with van der Waals surface area (Å²) in [6.45, 7) is 8.02. The van der Waals surface area contributed by atoms with Crippen molar-refractivity contribution < 1.29 is 15.0 Å². The number of hydrogen-bond acceptors (Lipinski definition) is 2. The SMILES string of the molecule is CC(C)c1cc(C=CC(=O)O)cc(C(C)C)c1O. The summed E-state index contributed by atoms with van der Waals surface area (Å²) in [6.07, 6.45) is 2.67. The Labute approximate surface area is 108 Å². The molecule has 0 aromatic heterocycles. The van der Waals surface area contributed by atoms with Crippen molar-refractivity contribution in [1.29, 1.82) is 0 Å². The summed E-state index contributed by atoms with van der Waals surface area (Å²) in [5.41, 5.74) is 2.51. The van der Waals surface area contributed by atoms with Crippen LogP contribution >= 0.6 is 0 Å². The van der Waals surface area contributed by atoms with Crippen LogP contribution in [0.1, 0.15) is 56.2 Å². The first-order chi connectivity index (χ1) is 8.32. The molecular formula is C15H20O3. The molecular weight excluding hydrogens is 228 g/mol. The number of carbonyl (C=O) groups is 1. The van der Waals surface area contributed by atoms with Crippen LogP contribution in [0, 0.1) is 0 Å². The second-order valence-corrected chi connectivity index (χ2v) is 5.03. The topological polar surface area (TPSA) is 57.5 Å². The normalized spacial score (nSPS) is 11.7. The number of hydrogen-bond donors (Lipinski definition) is 2. The van der Waals surface area contributed by atoms with Gasteiger partial charge in [-0.3, -0.25) is 0 Å². The Morgan fingerprint density at radius 2 is 1.56 bits per heavy atom. The van der Waals surface area contributed by atoms with E-state index >= 15 is 0 Å². The molecule has 0 aliphatic heterocycles. The first-order valence-corrected chi connectivity index (χ1v) is 6.10. The summed E-state index contributed by atoms with van der Waals surface area (Å²) in [4.78, 5) is 10.5. The number of phenols is 1. The summed E-state index contributed by atoms with van der Waals surface area (Å²) in [6, 6.07) is 3.68. The Hall–Kier alpha value is -1.77. The quantitative estimate of drug-likeness (QED) is 0.798. The highest BCUT2D eigenvalue weighted by molar-refractivity contribution is 5.85. The van der Waals surface area contributed by atoms with Crippen LogP contribution in [0.2, 0.25) is 0 Å². The molecule has 3 heteroatoms. The predicted octanol–water partition coefficient (Wildman–Crippen LogP) is 3.74. The van der Waals surface area contributed by atoms with Crippen molar-refractivity contribution in [3.05, 3.63) is 34.9 Å². The van der Waals surface area contributed by atoms with Crippen LogP contribution in [0.25, 0.3) is 6.08 Å². The van der Waals surface area contributed by atoms with Gasteiger partial charge in [0.1, 0.15) is 5.75 Å². The maximum atomic E-state index is 10.5. The Morgan fingerprint density at radius 1 is 1.11 bits per heavy atom. The van der Waals surface area contributed by atoms with Crippen LogP contribution in [0.4, 0.5) is 0 Å². The fraction of sp³-hybridized carbons (Fsp3) is 0.400. The van der Waals surface area contributed by atoms with E-state index in [1.165, 1.54) is 0 Å². The van der Waals surface area contributed by atoms with E-state index in [9.17, 15) is 9.90 Å². The van der Waals surface area contributed by atoms with E-state index in [1.54, 1.807) is 6.08 Å². The second-order valence-electron chi connectivity index (χ2n) is 5.03. The minimum absolute atomic E-state index is 0.195. The Morgan fingerprint density at radius 3 is 1.89 bits per heavy atom. The fourth-order valence-electron chi connectivity index (χ4n) is 1.85. The summed E-state index contributed by atoms with van der Waals surface area (Å²) in [5.74, 6) is -0.255. The average molecular weight is 248 g/mol. The van der Waals surface area contributed by atoms with Gasteiger partial charge >= 0.3 is 5.97 Å². The van der Waals surface area contributed by atoms with Gasteiger partial charge in [-0.2, -0.15) is 0 Å². The lowest BCUT2D eigenvalue weighted by molar-refractivity contribution is -0.131. The molecule has 0 fully saturated rings. The van der Waals surface area contributed by atoms with E-state index in [0.29, 0.717) is 5.75 Å². The van der Waals surface area contributed by atoms with E-state index in [-0.39, 0.29) is 11.8 Å². The molecule has 1 rings (SSSR count). The van der Waals surface area contributed by atoms with E-state index in [2.05, 4.69) is 0 Å². The first-order valence-electron chi connectivity index (χ1n) is 6.10. The zero-order chi connectivity index (χ0) is 13.9. The van der Waals surface area contributed by atoms with Crippen molar-refractivity contribution in [1.82, 2.24) is 0 Å². The lowest BCUT2D eigenvalue weighted by Crippen LogP contribution is -1.97. The zero-order valence-corrected chi connectivity index (χ0v) is 11.3. The minimum atomic E-state index is -0.972. The molecule has 98 valence electrons. The Kier molecular flexibility index (Phi) is 4.54. The molecule has 1 aromatic carbocycles. The molecule has 0 aliphatic rings. The van der Waals surface area contributed by atoms with Crippen molar-refractivity contribution in [3.63, 3.8) is 0 Å². The van der Waals surface area contributed by atoms with Crippen LogP contribution in [0.5, 0.6) is 5.75 Å². The Bertz CT molecular complexity index is 442. The molecule has 0 radical (unpaired) electrons. The van der Waals surface area contributed by atoms with Gasteiger partial charge in [0.2, 0.25) is 0 Å². The average Bonchev–Trinajstić information content (AvgIpc) is 2.26. The highest BCUT2D eigenvalue weighted by Gasteiger charge is 2.14. The maximum Gasteiger partial charge on any atom is 0.328 e. The molecule has 0 atom stereocenters. The summed E-state index contributed by atoms with van der Waals surface area (Å²) in [7, 11) is 0. The van der Waals surface area contributed by atoms with Gasteiger partial charge in [0.15, 0.2) is 0 Å². The van der Waals surface area contributed by atoms with E-state index in [4.69, 9.17) is 5.11 Å². The molecule has 0 saturated carbocycles. The van der Waals surface area contributed by atoms with Gasteiger partial charge in [-0.15, -0.1) is 0 Å². The molecule has 3 nitrogen and oxygen atoms in total. The van der Waals surface area contributed by atoms with Crippen molar-refractivity contribution >= 4 is 12.0 Å². The number of phenolic OH excluding ortho intramolecular Hbond substituents is 1. The minimum Gasteiger partial charge on any atom is -0.507 e. The number of benzene rings is 1. The van der Waals surface area contributed by atoms with Crippen molar-refractivity contribution in [3.8, 4) is 5.75 Å². The third-order valence-electron chi connectivity index (χ3n) is 2.85. The van der Waals surface area contributed by atoms with Gasteiger partial charge in [-0.1, -0.05) is 27.7 Å². The largest absolute Gasteiger partial charge is 0.507 e. The molecule has 18 heavy (non-hydrogen) atoms. The van der Waals surface area contributed by atoms with Crippen molar-refractivity contribution in [2.45, 2.75) is 39.5 Å². The third kappa shape index (κ3) is 3.36. The molecule has 0 spiro atoms. The van der Waals surface area contributed by atoms with Crippen molar-refractivity contribution in [2.75, 3.05) is 0 Å². The third-order valence-corrected chi connectivity index (χ3v) is 2.85. The van der Waals surface area contributed by atoms with Gasteiger partial charge in [0, 0.05) is 6.08 Å². The van der Waals surface area contributed by atoms with Gasteiger partial charge in [0.25, 0.3) is 0 Å². The molecule has 0 amide bonds. The molecule has 2 N–H and O–H groups in total. The molecule has 1 aromatic rings. The van der Waals surface area contributed by atoms with Crippen LogP contribution < -0.4 is 0 Å². The van der Waals surface area contributed by atoms with E-state index in [0.717, 1.165) is 22.8 Å². The smallest absolute Gasteiger partial charge is 0.328 e. The second kappa shape index (κ2) is 5.71. The lowest BCUT2D eigenvalue weighted by Gasteiger charge is -2.16. The van der Waals surface area contributed by atoms with Crippen molar-refractivity contribution in [2.24, 2.45) is 0 Å². The standard InChI is InChI=1S/C15H20O3/c1-9(2)12-7-11(5-6-14(16)17)8-13(10(3)4)15(12)18/h5-10,18H,1-4H3,(H,16,17). The highest BCUT2D eigenvalue weighted by Crippen LogP contribution is 2.35. The van der Waals surface area contributed by atoms with Gasteiger partial charge < -0.3 is 10.2 Å². The number of aliphatic carboxylic acids is 1. The molecule has 0 bridgehead atoms. The van der Waals surface area contributed by atoms with Gasteiger partial charge in [-0.05, 0) is 46.7 Å². The first kappa shape index (κ1) is 14.3. The number of rotatable bonds is 4. The van der Waals surface area contributed by atoms with Crippen LogP contribution in [0.3, 0.4) is 0 Å². The van der Waals surface area contributed by atoms with Crippen LogP contribution in [-0.4, -0.2) is 16.2 Å². The molecule has 0 heterocycles. The summed E-state index contributed by atoms with van der Waals surface area (Å²) in [5, 5.41) is 18.8. The lowest BCUT2D eigenvalue weighted by atomic mass is 9.91. The fourth-order valence-corrected chi connectivity index (χ4v) is 1.85.